The highest BCUT2D eigenvalue weighted by Crippen LogP contribution is 2.35. The van der Waals surface area contributed by atoms with E-state index < -0.39 is 0 Å². The Bertz CT molecular complexity index is 431. The quantitative estimate of drug-likeness (QED) is 0.878. The van der Waals surface area contributed by atoms with E-state index in [-0.39, 0.29) is 0 Å². The van der Waals surface area contributed by atoms with Gasteiger partial charge in [-0.05, 0) is 42.9 Å². The van der Waals surface area contributed by atoms with E-state index in [1.807, 2.05) is 12.1 Å². The lowest BCUT2D eigenvalue weighted by Gasteiger charge is -2.35. The molecule has 1 atom stereocenters. The zero-order chi connectivity index (χ0) is 13.9. The first-order valence-electron chi connectivity index (χ1n) is 7.06. The largest absolute Gasteiger partial charge is 0.496 e. The lowest BCUT2D eigenvalue weighted by Crippen LogP contribution is -2.36. The van der Waals surface area contributed by atoms with Crippen LogP contribution in [-0.2, 0) is 6.54 Å². The third-order valence-electron chi connectivity index (χ3n) is 4.03. The van der Waals surface area contributed by atoms with Gasteiger partial charge in [0, 0.05) is 22.6 Å². The minimum absolute atomic E-state index is 0.483. The van der Waals surface area contributed by atoms with E-state index in [1.165, 1.54) is 31.2 Å². The SMILES string of the molecule is COc1ccc(Br)cc1CNC1CCCC(C)(C)C1. The van der Waals surface area contributed by atoms with Gasteiger partial charge in [-0.3, -0.25) is 0 Å². The molecule has 0 aromatic heterocycles. The molecule has 0 amide bonds. The monoisotopic (exact) mass is 325 g/mol. The standard InChI is InChI=1S/C16H24BrNO/c1-16(2)8-4-5-14(10-16)18-11-12-9-13(17)6-7-15(12)19-3/h6-7,9,14,18H,4-5,8,10-11H2,1-3H3. The fourth-order valence-electron chi connectivity index (χ4n) is 3.01. The number of hydrogen-bond donors (Lipinski definition) is 1. The van der Waals surface area contributed by atoms with Gasteiger partial charge in [-0.15, -0.1) is 0 Å². The summed E-state index contributed by atoms with van der Waals surface area (Å²) in [6.45, 7) is 5.63. The Labute approximate surface area is 125 Å². The van der Waals surface area contributed by atoms with Gasteiger partial charge in [0.25, 0.3) is 0 Å². The predicted octanol–water partition coefficient (Wildman–Crippen LogP) is 4.52. The molecule has 1 fully saturated rings. The molecule has 1 unspecified atom stereocenters. The van der Waals surface area contributed by atoms with Crippen molar-refractivity contribution in [1.29, 1.82) is 0 Å². The van der Waals surface area contributed by atoms with Crippen molar-refractivity contribution in [2.24, 2.45) is 5.41 Å². The summed E-state index contributed by atoms with van der Waals surface area (Å²) in [4.78, 5) is 0. The first kappa shape index (κ1) is 14.9. The van der Waals surface area contributed by atoms with Crippen molar-refractivity contribution < 1.29 is 4.74 Å². The average molecular weight is 326 g/mol. The molecule has 0 saturated heterocycles. The third kappa shape index (κ3) is 4.22. The van der Waals surface area contributed by atoms with Crippen LogP contribution in [0.3, 0.4) is 0 Å². The van der Waals surface area contributed by atoms with E-state index in [4.69, 9.17) is 4.74 Å². The zero-order valence-electron chi connectivity index (χ0n) is 12.1. The molecular weight excluding hydrogens is 302 g/mol. The van der Waals surface area contributed by atoms with E-state index in [2.05, 4.69) is 41.2 Å². The topological polar surface area (TPSA) is 21.3 Å². The van der Waals surface area contributed by atoms with Gasteiger partial charge in [0.15, 0.2) is 0 Å². The van der Waals surface area contributed by atoms with Crippen molar-refractivity contribution in [2.75, 3.05) is 7.11 Å². The molecule has 19 heavy (non-hydrogen) atoms. The van der Waals surface area contributed by atoms with Crippen LogP contribution in [0.1, 0.15) is 45.1 Å². The second kappa shape index (κ2) is 6.27. The van der Waals surface area contributed by atoms with E-state index in [1.54, 1.807) is 7.11 Å². The maximum atomic E-state index is 5.42. The highest BCUT2D eigenvalue weighted by Gasteiger charge is 2.27. The van der Waals surface area contributed by atoms with Crippen molar-refractivity contribution in [3.8, 4) is 5.75 Å². The minimum Gasteiger partial charge on any atom is -0.496 e. The summed E-state index contributed by atoms with van der Waals surface area (Å²) in [5, 5.41) is 3.69. The molecule has 1 aromatic rings. The normalized spacial score (nSPS) is 22.2. The first-order valence-corrected chi connectivity index (χ1v) is 7.85. The van der Waals surface area contributed by atoms with Gasteiger partial charge in [0.2, 0.25) is 0 Å². The lowest BCUT2D eigenvalue weighted by atomic mass is 9.75. The highest BCUT2D eigenvalue weighted by molar-refractivity contribution is 9.10. The molecule has 0 spiro atoms. The first-order chi connectivity index (χ1) is 9.00. The maximum absolute atomic E-state index is 5.42. The van der Waals surface area contributed by atoms with Crippen LogP contribution in [0, 0.1) is 5.41 Å². The Balaban J connectivity index is 1.96. The summed E-state index contributed by atoms with van der Waals surface area (Å²) < 4.78 is 6.53. The van der Waals surface area contributed by atoms with Crippen LogP contribution in [0.5, 0.6) is 5.75 Å². The molecule has 0 heterocycles. The fraction of sp³-hybridized carbons (Fsp3) is 0.625. The molecule has 1 aliphatic carbocycles. The minimum atomic E-state index is 0.483. The Hall–Kier alpha value is -0.540. The van der Waals surface area contributed by atoms with Crippen molar-refractivity contribution in [1.82, 2.24) is 5.32 Å². The molecule has 0 bridgehead atoms. The van der Waals surface area contributed by atoms with Crippen LogP contribution in [0.15, 0.2) is 22.7 Å². The van der Waals surface area contributed by atoms with Crippen molar-refractivity contribution >= 4 is 15.9 Å². The number of nitrogens with one attached hydrogen (secondary N) is 1. The van der Waals surface area contributed by atoms with Crippen LogP contribution in [0.4, 0.5) is 0 Å². The van der Waals surface area contributed by atoms with Crippen molar-refractivity contribution in [2.45, 2.75) is 52.1 Å². The average Bonchev–Trinajstić information content (AvgIpc) is 2.35. The zero-order valence-corrected chi connectivity index (χ0v) is 13.7. The second-order valence-corrected chi connectivity index (χ2v) is 7.21. The number of hydrogen-bond acceptors (Lipinski definition) is 2. The smallest absolute Gasteiger partial charge is 0.123 e. The van der Waals surface area contributed by atoms with Gasteiger partial charge in [-0.2, -0.15) is 0 Å². The van der Waals surface area contributed by atoms with Gasteiger partial charge in [-0.25, -0.2) is 0 Å². The molecular formula is C16H24BrNO. The molecule has 106 valence electrons. The lowest BCUT2D eigenvalue weighted by molar-refractivity contribution is 0.197. The summed E-state index contributed by atoms with van der Waals surface area (Å²) in [6.07, 6.45) is 5.24. The van der Waals surface area contributed by atoms with E-state index in [0.717, 1.165) is 16.8 Å². The van der Waals surface area contributed by atoms with Crippen LogP contribution >= 0.6 is 15.9 Å². The predicted molar refractivity (Wildman–Crippen MR) is 83.6 cm³/mol. The van der Waals surface area contributed by atoms with Crippen LogP contribution in [0.2, 0.25) is 0 Å². The summed E-state index contributed by atoms with van der Waals surface area (Å²) >= 11 is 3.53. The Morgan fingerprint density at radius 2 is 2.21 bits per heavy atom. The van der Waals surface area contributed by atoms with E-state index >= 15 is 0 Å². The molecule has 3 heteroatoms. The van der Waals surface area contributed by atoms with Crippen LogP contribution < -0.4 is 10.1 Å². The number of benzene rings is 1. The van der Waals surface area contributed by atoms with E-state index in [0.29, 0.717) is 11.5 Å². The summed E-state index contributed by atoms with van der Waals surface area (Å²) in [5.74, 6) is 0.964. The molecule has 1 saturated carbocycles. The number of methoxy groups -OCH3 is 1. The number of halogens is 1. The molecule has 0 radical (unpaired) electrons. The van der Waals surface area contributed by atoms with Crippen molar-refractivity contribution in [3.05, 3.63) is 28.2 Å². The Morgan fingerprint density at radius 1 is 1.42 bits per heavy atom. The molecule has 1 N–H and O–H groups in total. The van der Waals surface area contributed by atoms with Gasteiger partial charge >= 0.3 is 0 Å². The number of ether oxygens (including phenoxy) is 1. The third-order valence-corrected chi connectivity index (χ3v) is 4.52. The Kier molecular flexibility index (Phi) is 4.91. The van der Waals surface area contributed by atoms with Gasteiger partial charge in [-0.1, -0.05) is 36.2 Å². The highest BCUT2D eigenvalue weighted by atomic mass is 79.9. The molecule has 2 nitrogen and oxygen atoms in total. The fourth-order valence-corrected chi connectivity index (χ4v) is 3.42. The summed E-state index contributed by atoms with van der Waals surface area (Å²) in [5.41, 5.74) is 1.71. The van der Waals surface area contributed by atoms with Crippen LogP contribution in [0.25, 0.3) is 0 Å². The summed E-state index contributed by atoms with van der Waals surface area (Å²) in [6, 6.07) is 6.81. The van der Waals surface area contributed by atoms with Crippen LogP contribution in [-0.4, -0.2) is 13.2 Å². The van der Waals surface area contributed by atoms with Gasteiger partial charge < -0.3 is 10.1 Å². The molecule has 2 rings (SSSR count). The van der Waals surface area contributed by atoms with E-state index in [9.17, 15) is 0 Å². The second-order valence-electron chi connectivity index (χ2n) is 6.29. The molecule has 1 aromatic carbocycles. The van der Waals surface area contributed by atoms with Gasteiger partial charge in [0.1, 0.15) is 5.75 Å². The van der Waals surface area contributed by atoms with Crippen molar-refractivity contribution in [3.63, 3.8) is 0 Å². The molecule has 0 aliphatic heterocycles. The maximum Gasteiger partial charge on any atom is 0.123 e. The molecule has 1 aliphatic rings. The van der Waals surface area contributed by atoms with Gasteiger partial charge in [0.05, 0.1) is 7.11 Å². The number of rotatable bonds is 4. The summed E-state index contributed by atoms with van der Waals surface area (Å²) in [7, 11) is 1.73. The Morgan fingerprint density at radius 3 is 2.89 bits per heavy atom.